The molecule has 0 spiro atoms. The Kier molecular flexibility index (Phi) is 3.59. The maximum Gasteiger partial charge on any atom is 0.299 e. The molecule has 3 aromatic carbocycles. The lowest BCUT2D eigenvalue weighted by Crippen LogP contribution is -2.30. The summed E-state index contributed by atoms with van der Waals surface area (Å²) in [5, 5.41) is 3.22. The van der Waals surface area contributed by atoms with Crippen molar-refractivity contribution in [1.29, 1.82) is 0 Å². The van der Waals surface area contributed by atoms with E-state index in [9.17, 15) is 0 Å². The van der Waals surface area contributed by atoms with Gasteiger partial charge in [0.2, 0.25) is 5.69 Å². The first kappa shape index (κ1) is 17.0. The zero-order valence-corrected chi connectivity index (χ0v) is 16.8. The molecule has 0 atom stereocenters. The van der Waals surface area contributed by atoms with E-state index in [-0.39, 0.29) is 0 Å². The number of nitrogens with zero attached hydrogens (tertiary/aromatic N) is 1. The van der Waals surface area contributed by atoms with Crippen LogP contribution in [0.1, 0.15) is 5.56 Å². The molecule has 6 aromatic rings. The molecule has 0 saturated carbocycles. The minimum atomic E-state index is 0.583. The van der Waals surface area contributed by atoms with Crippen LogP contribution in [-0.2, 0) is 7.05 Å². The molecule has 3 heteroatoms. The molecular formula is C27H20NO2+. The van der Waals surface area contributed by atoms with Crippen LogP contribution in [-0.4, -0.2) is 0 Å². The van der Waals surface area contributed by atoms with Crippen LogP contribution in [0.4, 0.5) is 0 Å². The first-order chi connectivity index (χ1) is 14.7. The van der Waals surface area contributed by atoms with Gasteiger partial charge in [-0.05, 0) is 29.7 Å². The van der Waals surface area contributed by atoms with Gasteiger partial charge >= 0.3 is 0 Å². The fraction of sp³-hybridized carbons (Fsp3) is 0.0741. The van der Waals surface area contributed by atoms with Crippen molar-refractivity contribution in [2.75, 3.05) is 0 Å². The summed E-state index contributed by atoms with van der Waals surface area (Å²) in [7, 11) is 2.07. The summed E-state index contributed by atoms with van der Waals surface area (Å²) in [6.07, 6.45) is 2.11. The van der Waals surface area contributed by atoms with E-state index in [4.69, 9.17) is 8.83 Å². The second-order valence-corrected chi connectivity index (χ2v) is 7.77. The van der Waals surface area contributed by atoms with Crippen LogP contribution < -0.4 is 4.57 Å². The van der Waals surface area contributed by atoms with Crippen LogP contribution in [0, 0.1) is 6.92 Å². The number of para-hydroxylation sites is 1. The van der Waals surface area contributed by atoms with Crippen molar-refractivity contribution < 1.29 is 13.4 Å². The van der Waals surface area contributed by atoms with E-state index in [1.54, 1.807) is 0 Å². The average Bonchev–Trinajstić information content (AvgIpc) is 3.31. The number of aryl methyl sites for hydroxylation is 2. The molecule has 0 unspecified atom stereocenters. The average molecular weight is 390 g/mol. The van der Waals surface area contributed by atoms with E-state index >= 15 is 0 Å². The highest BCUT2D eigenvalue weighted by atomic mass is 16.5. The van der Waals surface area contributed by atoms with E-state index in [2.05, 4.69) is 79.3 Å². The Bertz CT molecular complexity index is 1550. The summed E-state index contributed by atoms with van der Waals surface area (Å²) < 4.78 is 14.5. The molecule has 3 nitrogen and oxygen atoms in total. The molecule has 0 amide bonds. The second-order valence-electron chi connectivity index (χ2n) is 7.77. The normalized spacial score (nSPS) is 11.7. The second kappa shape index (κ2) is 6.33. The van der Waals surface area contributed by atoms with Crippen molar-refractivity contribution in [2.45, 2.75) is 6.92 Å². The van der Waals surface area contributed by atoms with Crippen molar-refractivity contribution in [3.63, 3.8) is 0 Å². The van der Waals surface area contributed by atoms with Gasteiger partial charge in [-0.2, -0.15) is 0 Å². The summed E-state index contributed by atoms with van der Waals surface area (Å²) in [5.74, 6) is 0.583. The SMILES string of the molecule is Cc1ccc2c(oc3oc4ccccc4c32)c1-c1cc(-c2ccccc2)cc[n+]1C. The predicted octanol–water partition coefficient (Wildman–Crippen LogP) is 6.80. The Morgan fingerprint density at radius 1 is 0.733 bits per heavy atom. The lowest BCUT2D eigenvalue weighted by Gasteiger charge is -2.08. The molecular weight excluding hydrogens is 370 g/mol. The fourth-order valence-electron chi connectivity index (χ4n) is 4.37. The molecule has 3 heterocycles. The van der Waals surface area contributed by atoms with E-state index in [1.165, 1.54) is 16.7 Å². The Labute approximate surface area is 173 Å². The zero-order chi connectivity index (χ0) is 20.2. The van der Waals surface area contributed by atoms with Crippen LogP contribution in [0.25, 0.3) is 55.5 Å². The van der Waals surface area contributed by atoms with E-state index in [0.717, 1.165) is 38.6 Å². The smallest absolute Gasteiger partial charge is 0.299 e. The lowest BCUT2D eigenvalue weighted by atomic mass is 9.98. The number of hydrogen-bond donors (Lipinski definition) is 0. The maximum absolute atomic E-state index is 6.32. The Balaban J connectivity index is 1.67. The standard InChI is InChI=1S/C27H20NO2/c1-17-12-13-21-25-20-10-6-7-11-23(20)29-27(25)30-26(21)24(17)22-16-19(14-15-28(22)2)18-8-4-3-5-9-18/h3-16H,1-2H3/q+1. The molecule has 3 aromatic heterocycles. The number of fused-ring (bicyclic) bond motifs is 5. The highest BCUT2D eigenvalue weighted by Crippen LogP contribution is 2.41. The minimum Gasteiger partial charge on any atom is -0.425 e. The fourth-order valence-corrected chi connectivity index (χ4v) is 4.37. The molecule has 0 aliphatic heterocycles. The van der Waals surface area contributed by atoms with Crippen molar-refractivity contribution >= 4 is 33.1 Å². The summed E-state index contributed by atoms with van der Waals surface area (Å²) in [5.41, 5.74) is 7.49. The van der Waals surface area contributed by atoms with Gasteiger partial charge < -0.3 is 8.83 Å². The number of rotatable bonds is 2. The molecule has 144 valence electrons. The van der Waals surface area contributed by atoms with Gasteiger partial charge in [-0.15, -0.1) is 0 Å². The third-order valence-electron chi connectivity index (χ3n) is 5.91. The van der Waals surface area contributed by atoms with Gasteiger partial charge in [-0.3, -0.25) is 0 Å². The molecule has 0 N–H and O–H groups in total. The molecule has 0 bridgehead atoms. The number of furan rings is 2. The molecule has 0 fully saturated rings. The maximum atomic E-state index is 6.32. The first-order valence-electron chi connectivity index (χ1n) is 10.1. The van der Waals surface area contributed by atoms with Gasteiger partial charge in [0.05, 0.1) is 10.9 Å². The van der Waals surface area contributed by atoms with E-state index in [0.29, 0.717) is 5.78 Å². The molecule has 0 aliphatic rings. The third kappa shape index (κ3) is 2.42. The van der Waals surface area contributed by atoms with Gasteiger partial charge in [0.25, 0.3) is 5.78 Å². The van der Waals surface area contributed by atoms with Crippen molar-refractivity contribution in [1.82, 2.24) is 0 Å². The van der Waals surface area contributed by atoms with Crippen LogP contribution in [0.2, 0.25) is 0 Å². The largest absolute Gasteiger partial charge is 0.425 e. The van der Waals surface area contributed by atoms with Gasteiger partial charge in [0.1, 0.15) is 12.6 Å². The van der Waals surface area contributed by atoms with Crippen LogP contribution in [0.5, 0.6) is 0 Å². The van der Waals surface area contributed by atoms with E-state index < -0.39 is 0 Å². The van der Waals surface area contributed by atoms with Gasteiger partial charge in [-0.1, -0.05) is 60.7 Å². The molecule has 0 aliphatic carbocycles. The van der Waals surface area contributed by atoms with Crippen molar-refractivity contribution in [3.05, 3.63) is 90.6 Å². The minimum absolute atomic E-state index is 0.583. The summed E-state index contributed by atoms with van der Waals surface area (Å²) >= 11 is 0. The van der Waals surface area contributed by atoms with Crippen LogP contribution in [0.3, 0.4) is 0 Å². The Morgan fingerprint density at radius 2 is 1.53 bits per heavy atom. The highest BCUT2D eigenvalue weighted by Gasteiger charge is 2.23. The van der Waals surface area contributed by atoms with E-state index in [1.807, 2.05) is 24.3 Å². The summed E-state index contributed by atoms with van der Waals surface area (Å²) in [4.78, 5) is 0. The summed E-state index contributed by atoms with van der Waals surface area (Å²) in [6.45, 7) is 2.13. The molecule has 30 heavy (non-hydrogen) atoms. The topological polar surface area (TPSA) is 30.2 Å². The Morgan fingerprint density at radius 3 is 2.40 bits per heavy atom. The third-order valence-corrected chi connectivity index (χ3v) is 5.91. The molecule has 0 saturated heterocycles. The highest BCUT2D eigenvalue weighted by molar-refractivity contribution is 6.19. The number of aromatic nitrogens is 1. The van der Waals surface area contributed by atoms with Crippen molar-refractivity contribution in [2.24, 2.45) is 7.05 Å². The van der Waals surface area contributed by atoms with Crippen LogP contribution >= 0.6 is 0 Å². The van der Waals surface area contributed by atoms with Gasteiger partial charge in [-0.25, -0.2) is 4.57 Å². The quantitative estimate of drug-likeness (QED) is 0.304. The first-order valence-corrected chi connectivity index (χ1v) is 10.1. The Hall–Kier alpha value is -3.85. The van der Waals surface area contributed by atoms with Crippen molar-refractivity contribution in [3.8, 4) is 22.4 Å². The number of pyridine rings is 1. The lowest BCUT2D eigenvalue weighted by molar-refractivity contribution is -0.660. The van der Waals surface area contributed by atoms with Gasteiger partial charge in [0.15, 0.2) is 11.8 Å². The number of hydrogen-bond acceptors (Lipinski definition) is 2. The van der Waals surface area contributed by atoms with Crippen LogP contribution in [0.15, 0.2) is 93.9 Å². The van der Waals surface area contributed by atoms with Gasteiger partial charge in [0, 0.05) is 22.9 Å². The molecule has 0 radical (unpaired) electrons. The monoisotopic (exact) mass is 390 g/mol. The number of benzene rings is 3. The molecule has 6 rings (SSSR count). The predicted molar refractivity (Wildman–Crippen MR) is 120 cm³/mol. The summed E-state index contributed by atoms with van der Waals surface area (Å²) in [6, 6.07) is 27.2. The zero-order valence-electron chi connectivity index (χ0n) is 16.8.